The lowest BCUT2D eigenvalue weighted by Gasteiger charge is -1.99. The summed E-state index contributed by atoms with van der Waals surface area (Å²) in [6, 6.07) is 4.37. The quantitative estimate of drug-likeness (QED) is 0.760. The van der Waals surface area contributed by atoms with E-state index in [1.54, 1.807) is 6.07 Å². The minimum absolute atomic E-state index is 0.259. The second-order valence-electron chi connectivity index (χ2n) is 3.21. The van der Waals surface area contributed by atoms with Gasteiger partial charge < -0.3 is 5.32 Å². The summed E-state index contributed by atoms with van der Waals surface area (Å²) in [7, 11) is 0. The van der Waals surface area contributed by atoms with Crippen LogP contribution < -0.4 is 5.32 Å². The van der Waals surface area contributed by atoms with Crippen molar-refractivity contribution in [1.29, 1.82) is 0 Å². The van der Waals surface area contributed by atoms with Crippen molar-refractivity contribution in [1.82, 2.24) is 5.32 Å². The monoisotopic (exact) mass is 227 g/mol. The predicted molar refractivity (Wildman–Crippen MR) is 63.6 cm³/mol. The topological polar surface area (TPSA) is 12.0 Å². The first-order chi connectivity index (χ1) is 7.24. The molecule has 0 saturated carbocycles. The highest BCUT2D eigenvalue weighted by atomic mass is 35.5. The first-order valence-electron chi connectivity index (χ1n) is 5.06. The minimum atomic E-state index is -0.259. The van der Waals surface area contributed by atoms with Crippen molar-refractivity contribution < 1.29 is 4.39 Å². The molecule has 0 saturated heterocycles. The first-order valence-corrected chi connectivity index (χ1v) is 5.44. The molecule has 0 aliphatic carbocycles. The smallest absolute Gasteiger partial charge is 0.123 e. The second-order valence-corrected chi connectivity index (χ2v) is 3.62. The molecule has 1 aromatic rings. The predicted octanol–water partition coefficient (Wildman–Crippen LogP) is 3.49. The molecular weight excluding hydrogens is 213 g/mol. The zero-order valence-corrected chi connectivity index (χ0v) is 9.52. The van der Waals surface area contributed by atoms with Gasteiger partial charge in [0.05, 0.1) is 0 Å². The van der Waals surface area contributed by atoms with Gasteiger partial charge in [-0.15, -0.1) is 0 Å². The van der Waals surface area contributed by atoms with E-state index in [1.807, 2.05) is 12.2 Å². The molecule has 0 fully saturated rings. The van der Waals surface area contributed by atoms with Crippen LogP contribution >= 0.6 is 11.6 Å². The van der Waals surface area contributed by atoms with Crippen LogP contribution in [0.3, 0.4) is 0 Å². The molecule has 3 heteroatoms. The van der Waals surface area contributed by atoms with E-state index >= 15 is 0 Å². The fraction of sp³-hybridized carbons (Fsp3) is 0.333. The van der Waals surface area contributed by atoms with Gasteiger partial charge >= 0.3 is 0 Å². The lowest BCUT2D eigenvalue weighted by Crippen LogP contribution is -2.12. The van der Waals surface area contributed by atoms with Crippen LogP contribution in [-0.2, 0) is 0 Å². The van der Waals surface area contributed by atoms with E-state index in [1.165, 1.54) is 12.1 Å². The molecule has 0 spiro atoms. The van der Waals surface area contributed by atoms with Crippen LogP contribution in [-0.4, -0.2) is 13.1 Å². The van der Waals surface area contributed by atoms with E-state index in [0.717, 1.165) is 25.1 Å². The summed E-state index contributed by atoms with van der Waals surface area (Å²) in [6.45, 7) is 3.96. The molecule has 1 nitrogen and oxygen atoms in total. The normalized spacial score (nSPS) is 11.1. The molecule has 1 rings (SSSR count). The van der Waals surface area contributed by atoms with Crippen molar-refractivity contribution in [2.75, 3.05) is 13.1 Å². The summed E-state index contributed by atoms with van der Waals surface area (Å²) >= 11 is 5.90. The molecule has 1 aromatic carbocycles. The Morgan fingerprint density at radius 1 is 1.47 bits per heavy atom. The molecule has 0 bridgehead atoms. The molecule has 1 N–H and O–H groups in total. The standard InChI is InChI=1S/C12H15ClFN/c1-2-15-8-4-3-5-10-9-11(14)6-7-12(10)13/h3,5-7,9,15H,2,4,8H2,1H3/b5-3+. The van der Waals surface area contributed by atoms with Gasteiger partial charge in [0.15, 0.2) is 0 Å². The van der Waals surface area contributed by atoms with Crippen LogP contribution in [0.1, 0.15) is 18.9 Å². The SMILES string of the molecule is CCNCC/C=C/c1cc(F)ccc1Cl. The maximum absolute atomic E-state index is 12.9. The zero-order valence-electron chi connectivity index (χ0n) is 8.76. The molecule has 0 radical (unpaired) electrons. The summed E-state index contributed by atoms with van der Waals surface area (Å²) < 4.78 is 12.9. The summed E-state index contributed by atoms with van der Waals surface area (Å²) in [6.07, 6.45) is 4.76. The van der Waals surface area contributed by atoms with Gasteiger partial charge in [-0.1, -0.05) is 30.7 Å². The van der Waals surface area contributed by atoms with E-state index in [-0.39, 0.29) is 5.82 Å². The van der Waals surface area contributed by atoms with Crippen molar-refractivity contribution in [2.24, 2.45) is 0 Å². The largest absolute Gasteiger partial charge is 0.317 e. The van der Waals surface area contributed by atoms with Gasteiger partial charge in [-0.3, -0.25) is 0 Å². The summed E-state index contributed by atoms with van der Waals surface area (Å²) in [5, 5.41) is 3.78. The zero-order chi connectivity index (χ0) is 11.1. The van der Waals surface area contributed by atoms with Gasteiger partial charge in [0.25, 0.3) is 0 Å². The highest BCUT2D eigenvalue weighted by Crippen LogP contribution is 2.18. The molecule has 0 unspecified atom stereocenters. The van der Waals surface area contributed by atoms with E-state index in [4.69, 9.17) is 11.6 Å². The average Bonchev–Trinajstić information content (AvgIpc) is 2.23. The fourth-order valence-corrected chi connectivity index (χ4v) is 1.40. The van der Waals surface area contributed by atoms with Crippen LogP contribution in [0.25, 0.3) is 6.08 Å². The van der Waals surface area contributed by atoms with Gasteiger partial charge in [-0.25, -0.2) is 4.39 Å². The number of halogens is 2. The average molecular weight is 228 g/mol. The Kier molecular flexibility index (Phi) is 5.37. The van der Waals surface area contributed by atoms with Crippen LogP contribution in [0, 0.1) is 5.82 Å². The van der Waals surface area contributed by atoms with Crippen molar-refractivity contribution in [3.05, 3.63) is 40.7 Å². The van der Waals surface area contributed by atoms with Crippen molar-refractivity contribution in [3.63, 3.8) is 0 Å². The number of rotatable bonds is 5. The second kappa shape index (κ2) is 6.59. The Balaban J connectivity index is 2.52. The summed E-state index contributed by atoms with van der Waals surface area (Å²) in [4.78, 5) is 0. The highest BCUT2D eigenvalue weighted by molar-refractivity contribution is 6.32. The molecule has 0 aromatic heterocycles. The maximum atomic E-state index is 12.9. The van der Waals surface area contributed by atoms with Crippen molar-refractivity contribution in [3.8, 4) is 0 Å². The lowest BCUT2D eigenvalue weighted by atomic mass is 10.2. The Morgan fingerprint density at radius 3 is 3.00 bits per heavy atom. The molecule has 82 valence electrons. The third-order valence-corrected chi connectivity index (χ3v) is 2.34. The van der Waals surface area contributed by atoms with Crippen LogP contribution in [0.15, 0.2) is 24.3 Å². The van der Waals surface area contributed by atoms with Crippen LogP contribution in [0.5, 0.6) is 0 Å². The van der Waals surface area contributed by atoms with Crippen LogP contribution in [0.2, 0.25) is 5.02 Å². The van der Waals surface area contributed by atoms with Crippen molar-refractivity contribution in [2.45, 2.75) is 13.3 Å². The third-order valence-electron chi connectivity index (χ3n) is 1.99. The molecule has 0 heterocycles. The number of nitrogens with one attached hydrogen (secondary N) is 1. The van der Waals surface area contributed by atoms with E-state index < -0.39 is 0 Å². The fourth-order valence-electron chi connectivity index (χ4n) is 1.21. The Bertz CT molecular complexity index is 336. The highest BCUT2D eigenvalue weighted by Gasteiger charge is 1.97. The summed E-state index contributed by atoms with van der Waals surface area (Å²) in [5.74, 6) is -0.259. The summed E-state index contributed by atoms with van der Waals surface area (Å²) in [5.41, 5.74) is 0.730. The first kappa shape index (κ1) is 12.2. The van der Waals surface area contributed by atoms with Crippen molar-refractivity contribution >= 4 is 17.7 Å². The van der Waals surface area contributed by atoms with Gasteiger partial charge in [-0.2, -0.15) is 0 Å². The van der Waals surface area contributed by atoms with Gasteiger partial charge in [0.2, 0.25) is 0 Å². The van der Waals surface area contributed by atoms with E-state index in [2.05, 4.69) is 12.2 Å². The van der Waals surface area contributed by atoms with Crippen LogP contribution in [0.4, 0.5) is 4.39 Å². The third kappa shape index (κ3) is 4.45. The number of hydrogen-bond donors (Lipinski definition) is 1. The Hall–Kier alpha value is -0.860. The molecule has 0 atom stereocenters. The number of benzene rings is 1. The Labute approximate surface area is 95.0 Å². The van der Waals surface area contributed by atoms with Gasteiger partial charge in [-0.05, 0) is 43.3 Å². The van der Waals surface area contributed by atoms with E-state index in [0.29, 0.717) is 5.02 Å². The lowest BCUT2D eigenvalue weighted by molar-refractivity contribution is 0.627. The maximum Gasteiger partial charge on any atom is 0.123 e. The minimum Gasteiger partial charge on any atom is -0.317 e. The Morgan fingerprint density at radius 2 is 2.27 bits per heavy atom. The molecular formula is C12H15ClFN. The molecule has 15 heavy (non-hydrogen) atoms. The molecule has 0 aliphatic rings. The van der Waals surface area contributed by atoms with Gasteiger partial charge in [0, 0.05) is 5.02 Å². The molecule has 0 amide bonds. The van der Waals surface area contributed by atoms with Gasteiger partial charge in [0.1, 0.15) is 5.82 Å². The number of hydrogen-bond acceptors (Lipinski definition) is 1. The molecule has 0 aliphatic heterocycles. The van der Waals surface area contributed by atoms with E-state index in [9.17, 15) is 4.39 Å².